The summed E-state index contributed by atoms with van der Waals surface area (Å²) >= 11 is 0. The Morgan fingerprint density at radius 1 is 1.14 bits per heavy atom. The van der Waals surface area contributed by atoms with E-state index in [0.717, 1.165) is 19.4 Å². The molecule has 0 radical (unpaired) electrons. The summed E-state index contributed by atoms with van der Waals surface area (Å²) in [5.74, 6) is 0.270. The SMILES string of the molecule is CC(=O)CCC1c2ccccc2CCN1c1ccc(C)cc1. The minimum Gasteiger partial charge on any atom is -0.364 e. The molecule has 1 atom stereocenters. The second kappa shape index (κ2) is 6.35. The van der Waals surface area contributed by atoms with Gasteiger partial charge in [0.1, 0.15) is 5.78 Å². The Morgan fingerprint density at radius 3 is 2.59 bits per heavy atom. The number of carbonyl (C=O) groups is 1. The Morgan fingerprint density at radius 2 is 1.86 bits per heavy atom. The van der Waals surface area contributed by atoms with Gasteiger partial charge in [-0.25, -0.2) is 0 Å². The number of hydrogen-bond acceptors (Lipinski definition) is 2. The first kappa shape index (κ1) is 14.8. The Hall–Kier alpha value is -2.09. The predicted molar refractivity (Wildman–Crippen MR) is 91.3 cm³/mol. The molecular weight excluding hydrogens is 270 g/mol. The summed E-state index contributed by atoms with van der Waals surface area (Å²) in [7, 11) is 0. The summed E-state index contributed by atoms with van der Waals surface area (Å²) < 4.78 is 0. The smallest absolute Gasteiger partial charge is 0.129 e. The molecule has 0 bridgehead atoms. The maximum atomic E-state index is 11.5. The van der Waals surface area contributed by atoms with Crippen LogP contribution in [0.5, 0.6) is 0 Å². The molecule has 2 aromatic rings. The number of fused-ring (bicyclic) bond motifs is 1. The summed E-state index contributed by atoms with van der Waals surface area (Å²) in [6.07, 6.45) is 2.60. The van der Waals surface area contributed by atoms with Gasteiger partial charge in [-0.05, 0) is 49.9 Å². The normalized spacial score (nSPS) is 17.2. The summed E-state index contributed by atoms with van der Waals surface area (Å²) in [5.41, 5.74) is 5.35. The second-order valence-corrected chi connectivity index (χ2v) is 6.23. The quantitative estimate of drug-likeness (QED) is 0.829. The van der Waals surface area contributed by atoms with E-state index < -0.39 is 0 Å². The standard InChI is InChI=1S/C20H23NO/c1-15-7-10-18(11-8-15)21-14-13-17-5-3-4-6-19(17)20(21)12-9-16(2)22/h3-8,10-11,20H,9,12-14H2,1-2H3. The molecule has 1 heterocycles. The van der Waals surface area contributed by atoms with E-state index >= 15 is 0 Å². The first-order chi connectivity index (χ1) is 10.6. The number of nitrogens with zero attached hydrogens (tertiary/aromatic N) is 1. The topological polar surface area (TPSA) is 20.3 Å². The van der Waals surface area contributed by atoms with Crippen molar-refractivity contribution in [1.29, 1.82) is 0 Å². The van der Waals surface area contributed by atoms with Crippen LogP contribution in [0.25, 0.3) is 0 Å². The molecule has 1 aliphatic heterocycles. The van der Waals surface area contributed by atoms with E-state index in [2.05, 4.69) is 60.4 Å². The molecule has 22 heavy (non-hydrogen) atoms. The maximum absolute atomic E-state index is 11.5. The van der Waals surface area contributed by atoms with Crippen LogP contribution in [0.1, 0.15) is 42.5 Å². The number of benzene rings is 2. The Bertz CT molecular complexity index is 660. The molecule has 114 valence electrons. The number of ketones is 1. The highest BCUT2D eigenvalue weighted by Crippen LogP contribution is 2.36. The molecular formula is C20H23NO. The lowest BCUT2D eigenvalue weighted by Crippen LogP contribution is -2.35. The van der Waals surface area contributed by atoms with E-state index in [4.69, 9.17) is 0 Å². The van der Waals surface area contributed by atoms with Gasteiger partial charge in [0.15, 0.2) is 0 Å². The minimum absolute atomic E-state index is 0.270. The molecule has 2 nitrogen and oxygen atoms in total. The predicted octanol–water partition coefficient (Wildman–Crippen LogP) is 4.47. The molecule has 1 aliphatic rings. The molecule has 0 amide bonds. The van der Waals surface area contributed by atoms with E-state index in [1.165, 1.54) is 22.4 Å². The first-order valence-electron chi connectivity index (χ1n) is 8.05. The number of hydrogen-bond donors (Lipinski definition) is 0. The third-order valence-corrected chi connectivity index (χ3v) is 4.55. The second-order valence-electron chi connectivity index (χ2n) is 6.23. The number of anilines is 1. The van der Waals surface area contributed by atoms with Gasteiger partial charge in [-0.1, -0.05) is 42.0 Å². The number of carbonyl (C=O) groups excluding carboxylic acids is 1. The van der Waals surface area contributed by atoms with Gasteiger partial charge in [0.05, 0.1) is 6.04 Å². The zero-order chi connectivity index (χ0) is 15.5. The van der Waals surface area contributed by atoms with Gasteiger partial charge in [0.25, 0.3) is 0 Å². The van der Waals surface area contributed by atoms with Crippen molar-refractivity contribution >= 4 is 11.5 Å². The molecule has 1 unspecified atom stereocenters. The number of rotatable bonds is 4. The molecule has 2 heteroatoms. The molecule has 0 saturated carbocycles. The van der Waals surface area contributed by atoms with Gasteiger partial charge >= 0.3 is 0 Å². The Kier molecular flexibility index (Phi) is 4.28. The monoisotopic (exact) mass is 293 g/mol. The van der Waals surface area contributed by atoms with Gasteiger partial charge < -0.3 is 9.69 Å². The van der Waals surface area contributed by atoms with E-state index in [1.54, 1.807) is 6.92 Å². The van der Waals surface area contributed by atoms with Crippen molar-refractivity contribution in [1.82, 2.24) is 0 Å². The average Bonchev–Trinajstić information content (AvgIpc) is 2.53. The highest BCUT2D eigenvalue weighted by atomic mass is 16.1. The van der Waals surface area contributed by atoms with Crippen molar-refractivity contribution in [3.05, 3.63) is 65.2 Å². The lowest BCUT2D eigenvalue weighted by Gasteiger charge is -2.39. The minimum atomic E-state index is 0.270. The average molecular weight is 293 g/mol. The van der Waals surface area contributed by atoms with Crippen LogP contribution < -0.4 is 4.90 Å². The lowest BCUT2D eigenvalue weighted by molar-refractivity contribution is -0.117. The van der Waals surface area contributed by atoms with Crippen molar-refractivity contribution < 1.29 is 4.79 Å². The summed E-state index contributed by atoms with van der Waals surface area (Å²) in [6, 6.07) is 17.7. The Labute approximate surface area is 132 Å². The summed E-state index contributed by atoms with van der Waals surface area (Å²) in [5, 5.41) is 0. The highest BCUT2D eigenvalue weighted by molar-refractivity contribution is 5.75. The van der Waals surface area contributed by atoms with Crippen molar-refractivity contribution in [2.24, 2.45) is 0 Å². The molecule has 3 rings (SSSR count). The van der Waals surface area contributed by atoms with Crippen LogP contribution in [0.15, 0.2) is 48.5 Å². The van der Waals surface area contributed by atoms with Crippen LogP contribution in [-0.4, -0.2) is 12.3 Å². The van der Waals surface area contributed by atoms with Gasteiger partial charge in [-0.2, -0.15) is 0 Å². The molecule has 0 fully saturated rings. The van der Waals surface area contributed by atoms with Gasteiger partial charge in [-0.3, -0.25) is 0 Å². The molecule has 0 aliphatic carbocycles. The molecule has 0 spiro atoms. The fourth-order valence-corrected chi connectivity index (χ4v) is 3.35. The fraction of sp³-hybridized carbons (Fsp3) is 0.350. The summed E-state index contributed by atoms with van der Waals surface area (Å²) in [6.45, 7) is 4.82. The van der Waals surface area contributed by atoms with Crippen LogP contribution >= 0.6 is 0 Å². The van der Waals surface area contributed by atoms with Crippen molar-refractivity contribution in [3.8, 4) is 0 Å². The van der Waals surface area contributed by atoms with Crippen LogP contribution in [0, 0.1) is 6.92 Å². The van der Waals surface area contributed by atoms with Crippen LogP contribution in [0.2, 0.25) is 0 Å². The van der Waals surface area contributed by atoms with Crippen molar-refractivity contribution in [2.75, 3.05) is 11.4 Å². The third-order valence-electron chi connectivity index (χ3n) is 4.55. The molecule has 0 aromatic heterocycles. The van der Waals surface area contributed by atoms with Crippen LogP contribution in [0.4, 0.5) is 5.69 Å². The molecule has 0 saturated heterocycles. The highest BCUT2D eigenvalue weighted by Gasteiger charge is 2.27. The van der Waals surface area contributed by atoms with Crippen molar-refractivity contribution in [2.45, 2.75) is 39.2 Å². The number of aryl methyl sites for hydroxylation is 1. The van der Waals surface area contributed by atoms with Crippen LogP contribution in [-0.2, 0) is 11.2 Å². The zero-order valence-electron chi connectivity index (χ0n) is 13.4. The maximum Gasteiger partial charge on any atom is 0.129 e. The zero-order valence-corrected chi connectivity index (χ0v) is 13.4. The van der Waals surface area contributed by atoms with E-state index in [1.807, 2.05) is 0 Å². The molecule has 0 N–H and O–H groups in total. The van der Waals surface area contributed by atoms with Gasteiger partial charge in [-0.15, -0.1) is 0 Å². The van der Waals surface area contributed by atoms with E-state index in [9.17, 15) is 4.79 Å². The summed E-state index contributed by atoms with van der Waals surface area (Å²) in [4.78, 5) is 13.9. The lowest BCUT2D eigenvalue weighted by atomic mass is 9.89. The van der Waals surface area contributed by atoms with Crippen molar-refractivity contribution in [3.63, 3.8) is 0 Å². The molecule has 2 aromatic carbocycles. The van der Waals surface area contributed by atoms with Gasteiger partial charge in [0.2, 0.25) is 0 Å². The fourth-order valence-electron chi connectivity index (χ4n) is 3.35. The van der Waals surface area contributed by atoms with E-state index in [-0.39, 0.29) is 5.78 Å². The first-order valence-corrected chi connectivity index (χ1v) is 8.05. The number of Topliss-reactive ketones (excluding diaryl/α,β-unsaturated/α-hetero) is 1. The third kappa shape index (κ3) is 3.06. The van der Waals surface area contributed by atoms with Crippen LogP contribution in [0.3, 0.4) is 0 Å². The largest absolute Gasteiger partial charge is 0.364 e. The van der Waals surface area contributed by atoms with Gasteiger partial charge in [0, 0.05) is 18.7 Å². The Balaban J connectivity index is 1.94. The van der Waals surface area contributed by atoms with E-state index in [0.29, 0.717) is 12.5 Å².